The summed E-state index contributed by atoms with van der Waals surface area (Å²) in [6.07, 6.45) is 1.34. The summed E-state index contributed by atoms with van der Waals surface area (Å²) in [5.41, 5.74) is 2.64. The lowest BCUT2D eigenvalue weighted by molar-refractivity contribution is 0.120. The van der Waals surface area contributed by atoms with E-state index >= 15 is 0 Å². The van der Waals surface area contributed by atoms with Crippen molar-refractivity contribution >= 4 is 5.52 Å². The Balaban J connectivity index is 1.88. The third-order valence-corrected chi connectivity index (χ3v) is 4.65. The third-order valence-electron chi connectivity index (χ3n) is 4.65. The first-order chi connectivity index (χ1) is 12.5. The van der Waals surface area contributed by atoms with Crippen LogP contribution in [0.1, 0.15) is 23.7 Å². The van der Waals surface area contributed by atoms with Gasteiger partial charge in [0.05, 0.1) is 37.2 Å². The van der Waals surface area contributed by atoms with Crippen LogP contribution in [0.2, 0.25) is 0 Å². The van der Waals surface area contributed by atoms with Crippen LogP contribution in [0.3, 0.4) is 0 Å². The van der Waals surface area contributed by atoms with Crippen LogP contribution in [0.25, 0.3) is 16.8 Å². The van der Waals surface area contributed by atoms with Gasteiger partial charge >= 0.3 is 6.01 Å². The van der Waals surface area contributed by atoms with Crippen molar-refractivity contribution in [3.05, 3.63) is 29.8 Å². The van der Waals surface area contributed by atoms with Gasteiger partial charge < -0.3 is 9.47 Å². The Morgan fingerprint density at radius 3 is 2.65 bits per heavy atom. The minimum atomic E-state index is -2.33. The van der Waals surface area contributed by atoms with Crippen molar-refractivity contribution in [1.29, 1.82) is 0 Å². The molecular formula is C17H17F2N5O2. The van der Waals surface area contributed by atoms with Crippen molar-refractivity contribution in [2.75, 3.05) is 14.2 Å². The van der Waals surface area contributed by atoms with E-state index in [2.05, 4.69) is 20.1 Å². The standard InChI is InChI=1S/C17H17F2N5O2/c1-8-20-7-14-10(9-4-11(9)15(18)19)5-13(23-24(8)14)12-6-21-17(26-3)22-16(12)25-2/h5-7,9,11,15H,4H2,1-3H3/t9-,11+/m1/s1. The highest BCUT2D eigenvalue weighted by molar-refractivity contribution is 5.69. The van der Waals surface area contributed by atoms with E-state index in [1.165, 1.54) is 14.2 Å². The average Bonchev–Trinajstić information content (AvgIpc) is 3.38. The third kappa shape index (κ3) is 2.63. The predicted molar refractivity (Wildman–Crippen MR) is 88.7 cm³/mol. The fraction of sp³-hybridized carbons (Fsp3) is 0.412. The molecule has 0 amide bonds. The fourth-order valence-corrected chi connectivity index (χ4v) is 3.18. The summed E-state index contributed by atoms with van der Waals surface area (Å²) < 4.78 is 38.2. The molecule has 1 fully saturated rings. The highest BCUT2D eigenvalue weighted by atomic mass is 19.3. The topological polar surface area (TPSA) is 74.4 Å². The Morgan fingerprint density at radius 1 is 1.19 bits per heavy atom. The van der Waals surface area contributed by atoms with Gasteiger partial charge in [-0.25, -0.2) is 23.3 Å². The number of imidazole rings is 1. The van der Waals surface area contributed by atoms with Gasteiger partial charge in [-0.2, -0.15) is 10.1 Å². The second-order valence-electron chi connectivity index (χ2n) is 6.21. The largest absolute Gasteiger partial charge is 0.480 e. The van der Waals surface area contributed by atoms with Gasteiger partial charge in [0.2, 0.25) is 12.3 Å². The molecule has 136 valence electrons. The molecule has 3 aromatic rings. The van der Waals surface area contributed by atoms with Gasteiger partial charge in [-0.15, -0.1) is 0 Å². The number of hydrogen-bond acceptors (Lipinski definition) is 6. The number of aryl methyl sites for hydroxylation is 1. The van der Waals surface area contributed by atoms with Crippen molar-refractivity contribution in [2.45, 2.75) is 25.7 Å². The summed E-state index contributed by atoms with van der Waals surface area (Å²) in [7, 11) is 2.95. The molecule has 0 spiro atoms. The Bertz CT molecular complexity index is 975. The Labute approximate surface area is 148 Å². The van der Waals surface area contributed by atoms with Crippen molar-refractivity contribution in [3.8, 4) is 23.1 Å². The molecule has 0 saturated heterocycles. The van der Waals surface area contributed by atoms with Crippen molar-refractivity contribution in [1.82, 2.24) is 24.6 Å². The molecule has 0 aliphatic heterocycles. The number of rotatable bonds is 5. The molecule has 0 bridgehead atoms. The zero-order valence-electron chi connectivity index (χ0n) is 14.5. The lowest BCUT2D eigenvalue weighted by atomic mass is 10.1. The average molecular weight is 361 g/mol. The summed E-state index contributed by atoms with van der Waals surface area (Å²) in [6.45, 7) is 1.81. The summed E-state index contributed by atoms with van der Waals surface area (Å²) in [6, 6.07) is 1.97. The summed E-state index contributed by atoms with van der Waals surface area (Å²) >= 11 is 0. The second-order valence-corrected chi connectivity index (χ2v) is 6.21. The molecule has 3 heterocycles. The fourth-order valence-electron chi connectivity index (χ4n) is 3.18. The second kappa shape index (κ2) is 6.15. The summed E-state index contributed by atoms with van der Waals surface area (Å²) in [4.78, 5) is 12.5. The Kier molecular flexibility index (Phi) is 3.93. The molecule has 9 heteroatoms. The normalized spacial score (nSPS) is 19.2. The van der Waals surface area contributed by atoms with Crippen LogP contribution in [0.4, 0.5) is 8.78 Å². The molecule has 0 unspecified atom stereocenters. The molecule has 3 aromatic heterocycles. The number of fused-ring (bicyclic) bond motifs is 1. The smallest absolute Gasteiger partial charge is 0.319 e. The van der Waals surface area contributed by atoms with Gasteiger partial charge in [-0.3, -0.25) is 0 Å². The highest BCUT2D eigenvalue weighted by Gasteiger charge is 2.46. The van der Waals surface area contributed by atoms with Gasteiger partial charge in [0.25, 0.3) is 0 Å². The quantitative estimate of drug-likeness (QED) is 0.696. The number of aromatic nitrogens is 5. The van der Waals surface area contributed by atoms with Crippen molar-refractivity contribution < 1.29 is 18.3 Å². The lowest BCUT2D eigenvalue weighted by Crippen LogP contribution is -2.04. The van der Waals surface area contributed by atoms with E-state index in [9.17, 15) is 8.78 Å². The SMILES string of the molecule is COc1ncc(-c2cc([C@H]3C[C@@H]3C(F)F)c3cnc(C)n3n2)c(OC)n1. The van der Waals surface area contributed by atoms with E-state index in [1.807, 2.05) is 6.92 Å². The minimum absolute atomic E-state index is 0.172. The molecule has 0 aromatic carbocycles. The molecule has 7 nitrogen and oxygen atoms in total. The van der Waals surface area contributed by atoms with Gasteiger partial charge in [-0.1, -0.05) is 0 Å². The number of nitrogens with zero attached hydrogens (tertiary/aromatic N) is 5. The molecule has 0 N–H and O–H groups in total. The van der Waals surface area contributed by atoms with Crippen LogP contribution in [-0.4, -0.2) is 45.2 Å². The van der Waals surface area contributed by atoms with E-state index in [1.54, 1.807) is 23.0 Å². The van der Waals surface area contributed by atoms with Crippen molar-refractivity contribution in [3.63, 3.8) is 0 Å². The zero-order chi connectivity index (χ0) is 18.4. The molecule has 1 saturated carbocycles. The predicted octanol–water partition coefficient (Wildman–Crippen LogP) is 2.88. The van der Waals surface area contributed by atoms with E-state index in [4.69, 9.17) is 9.47 Å². The Morgan fingerprint density at radius 2 is 2.00 bits per heavy atom. The van der Waals surface area contributed by atoms with Crippen LogP contribution in [-0.2, 0) is 0 Å². The summed E-state index contributed by atoms with van der Waals surface area (Å²) in [5, 5.41) is 4.58. The molecular weight excluding hydrogens is 344 g/mol. The molecule has 4 rings (SSSR count). The summed E-state index contributed by atoms with van der Waals surface area (Å²) in [5.74, 6) is 0.137. The van der Waals surface area contributed by atoms with Crippen LogP contribution in [0, 0.1) is 12.8 Å². The van der Waals surface area contributed by atoms with Gasteiger partial charge in [0, 0.05) is 12.1 Å². The Hall–Kier alpha value is -2.84. The number of methoxy groups -OCH3 is 2. The van der Waals surface area contributed by atoms with Crippen LogP contribution in [0.15, 0.2) is 18.5 Å². The molecule has 1 aliphatic rings. The molecule has 1 aliphatic carbocycles. The number of hydrogen-bond donors (Lipinski definition) is 0. The van der Waals surface area contributed by atoms with E-state index in [-0.39, 0.29) is 11.9 Å². The maximum absolute atomic E-state index is 13.1. The molecule has 0 radical (unpaired) electrons. The maximum Gasteiger partial charge on any atom is 0.319 e. The molecule has 2 atom stereocenters. The van der Waals surface area contributed by atoms with E-state index < -0.39 is 12.3 Å². The van der Waals surface area contributed by atoms with Crippen LogP contribution >= 0.6 is 0 Å². The monoisotopic (exact) mass is 361 g/mol. The number of halogens is 2. The minimum Gasteiger partial charge on any atom is -0.480 e. The highest BCUT2D eigenvalue weighted by Crippen LogP contribution is 2.52. The van der Waals surface area contributed by atoms with Gasteiger partial charge in [0.1, 0.15) is 5.82 Å². The zero-order valence-corrected chi connectivity index (χ0v) is 14.5. The van der Waals surface area contributed by atoms with Crippen LogP contribution < -0.4 is 9.47 Å². The van der Waals surface area contributed by atoms with E-state index in [0.29, 0.717) is 29.4 Å². The number of ether oxygens (including phenoxy) is 2. The van der Waals surface area contributed by atoms with Crippen molar-refractivity contribution in [2.24, 2.45) is 5.92 Å². The van der Waals surface area contributed by atoms with Gasteiger partial charge in [0.15, 0.2) is 0 Å². The van der Waals surface area contributed by atoms with E-state index in [0.717, 1.165) is 11.1 Å². The first-order valence-corrected chi connectivity index (χ1v) is 8.12. The first kappa shape index (κ1) is 16.6. The molecule has 26 heavy (non-hydrogen) atoms. The maximum atomic E-state index is 13.1. The lowest BCUT2D eigenvalue weighted by Gasteiger charge is -2.11. The van der Waals surface area contributed by atoms with Crippen LogP contribution in [0.5, 0.6) is 11.9 Å². The first-order valence-electron chi connectivity index (χ1n) is 8.12. The number of alkyl halides is 2. The van der Waals surface area contributed by atoms with Gasteiger partial charge in [-0.05, 0) is 30.9 Å².